The van der Waals surface area contributed by atoms with Crippen LogP contribution in [0.5, 0.6) is 23.0 Å². The van der Waals surface area contributed by atoms with Gasteiger partial charge in [0.15, 0.2) is 0 Å². The van der Waals surface area contributed by atoms with Crippen molar-refractivity contribution in [2.45, 2.75) is 0 Å². The molecule has 6 aromatic carbocycles. The van der Waals surface area contributed by atoms with E-state index in [4.69, 9.17) is 28.4 Å². The number of carbonyl (C=O) groups is 2. The first-order chi connectivity index (χ1) is 29.3. The van der Waals surface area contributed by atoms with E-state index in [1.807, 2.05) is 146 Å². The van der Waals surface area contributed by atoms with Gasteiger partial charge < -0.3 is 38.2 Å². The van der Waals surface area contributed by atoms with Crippen molar-refractivity contribution in [3.63, 3.8) is 0 Å². The van der Waals surface area contributed by atoms with Crippen LogP contribution in [-0.2, 0) is 19.1 Å². The Morgan fingerprint density at radius 3 is 0.767 bits per heavy atom. The van der Waals surface area contributed by atoms with Crippen molar-refractivity contribution in [3.8, 4) is 46.7 Å². The molecule has 300 valence electrons. The summed E-state index contributed by atoms with van der Waals surface area (Å²) in [6.07, 6.45) is 0. The summed E-state index contributed by atoms with van der Waals surface area (Å²) in [7, 11) is 8.92. The van der Waals surface area contributed by atoms with E-state index < -0.39 is 11.9 Å². The van der Waals surface area contributed by atoms with Gasteiger partial charge in [-0.05, 0) is 146 Å². The largest absolute Gasteiger partial charge is 0.497 e. The molecule has 0 spiro atoms. The molecule has 0 aromatic heterocycles. The summed E-state index contributed by atoms with van der Waals surface area (Å²) in [5, 5.41) is 0. The highest BCUT2D eigenvalue weighted by atomic mass is 16.5. The van der Waals surface area contributed by atoms with E-state index in [1.165, 1.54) is 14.2 Å². The monoisotopic (exact) mass is 798 g/mol. The highest BCUT2D eigenvalue weighted by Gasteiger charge is 2.21. The van der Waals surface area contributed by atoms with Crippen LogP contribution in [0.1, 0.15) is 11.1 Å². The Bertz CT molecular complexity index is 2280. The van der Waals surface area contributed by atoms with Crippen molar-refractivity contribution in [1.29, 1.82) is 0 Å². The van der Waals surface area contributed by atoms with E-state index >= 15 is 0 Å². The number of hydrogen-bond donors (Lipinski definition) is 0. The molecule has 0 aliphatic carbocycles. The van der Waals surface area contributed by atoms with Gasteiger partial charge in [0.25, 0.3) is 0 Å². The molecule has 0 aliphatic heterocycles. The minimum atomic E-state index is -0.830. The van der Waals surface area contributed by atoms with Crippen LogP contribution in [-0.4, -0.2) is 54.6 Å². The maximum atomic E-state index is 13.1. The topological polar surface area (TPSA) is 96.0 Å². The second-order valence-corrected chi connectivity index (χ2v) is 12.8. The van der Waals surface area contributed by atoms with Crippen molar-refractivity contribution in [2.75, 3.05) is 52.5 Å². The number of benzene rings is 6. The fourth-order valence-electron chi connectivity index (χ4n) is 6.11. The molecule has 0 atom stereocenters. The van der Waals surface area contributed by atoms with Crippen molar-refractivity contribution in [1.82, 2.24) is 0 Å². The molecular weight excluding hydrogens is 757 g/mol. The Labute approximate surface area is 350 Å². The molecule has 6 aromatic rings. The zero-order valence-electron chi connectivity index (χ0n) is 34.0. The molecule has 0 N–H and O–H groups in total. The Kier molecular flexibility index (Phi) is 13.8. The molecule has 0 bridgehead atoms. The molecule has 60 heavy (non-hydrogen) atoms. The van der Waals surface area contributed by atoms with Crippen molar-refractivity contribution < 1.29 is 38.0 Å². The van der Waals surface area contributed by atoms with Crippen molar-refractivity contribution >= 4 is 46.1 Å². The smallest absolute Gasteiger partial charge is 0.348 e. The van der Waals surface area contributed by atoms with Crippen LogP contribution in [0.2, 0.25) is 0 Å². The normalized spacial score (nSPS) is 10.6. The molecule has 0 amide bonds. The highest BCUT2D eigenvalue weighted by molar-refractivity contribution is 6.06. The quantitative estimate of drug-likeness (QED) is 0.0677. The molecule has 0 unspecified atom stereocenters. The maximum absolute atomic E-state index is 13.1. The third kappa shape index (κ3) is 9.89. The number of hydrogen-bond acceptors (Lipinski definition) is 10. The van der Waals surface area contributed by atoms with Gasteiger partial charge in [0.2, 0.25) is 0 Å². The third-order valence-corrected chi connectivity index (χ3v) is 9.27. The molecule has 10 heteroatoms. The van der Waals surface area contributed by atoms with E-state index in [0.717, 1.165) is 57.1 Å². The lowest BCUT2D eigenvalue weighted by atomic mass is 10.1. The average Bonchev–Trinajstić information content (AvgIpc) is 3.31. The van der Waals surface area contributed by atoms with Gasteiger partial charge in [0, 0.05) is 45.3 Å². The number of anilines is 6. The summed E-state index contributed by atoms with van der Waals surface area (Å²) in [4.78, 5) is 30.4. The van der Waals surface area contributed by atoms with E-state index in [0.29, 0.717) is 11.1 Å². The van der Waals surface area contributed by atoms with E-state index in [9.17, 15) is 9.59 Å². The first kappa shape index (κ1) is 41.6. The predicted molar refractivity (Wildman–Crippen MR) is 233 cm³/mol. The van der Waals surface area contributed by atoms with Gasteiger partial charge in [-0.25, -0.2) is 9.59 Å². The SMILES string of the molecule is COC(=O)/C(C#Cc1ccc(N(c2ccc(OC)cc2)c2ccc(OC)cc2)cc1)=C(/C#Cc1ccc(N(c2ccc(OC)cc2)c2ccc(OC)cc2)cc1)C(=O)OC. The van der Waals surface area contributed by atoms with E-state index in [2.05, 4.69) is 33.5 Å². The molecule has 0 aliphatic rings. The summed E-state index contributed by atoms with van der Waals surface area (Å²) < 4.78 is 31.6. The van der Waals surface area contributed by atoms with E-state index in [-0.39, 0.29) is 11.1 Å². The van der Waals surface area contributed by atoms with Gasteiger partial charge >= 0.3 is 11.9 Å². The van der Waals surface area contributed by atoms with Gasteiger partial charge in [-0.15, -0.1) is 0 Å². The first-order valence-corrected chi connectivity index (χ1v) is 18.6. The maximum Gasteiger partial charge on any atom is 0.348 e. The van der Waals surface area contributed by atoms with Crippen molar-refractivity contribution in [3.05, 3.63) is 168 Å². The summed E-state index contributed by atoms with van der Waals surface area (Å²) in [5.74, 6) is 13.0. The standard InChI is InChI=1S/C50H42N2O8/c1-55-43-25-17-39(18-26-43)51(40-19-27-44(56-2)28-20-40)37-13-7-35(8-14-37)11-33-47(49(53)59-5)48(50(54)60-6)34-12-36-9-15-38(16-10-36)52(41-21-29-45(57-3)30-22-41)42-23-31-46(58-4)32-24-42/h7-10,13-32H,1-6H3/b48-47-. The van der Waals surface area contributed by atoms with Gasteiger partial charge in [0.05, 0.1) is 42.7 Å². The molecule has 0 fully saturated rings. The summed E-state index contributed by atoms with van der Waals surface area (Å²) in [6, 6.07) is 45.8. The lowest BCUT2D eigenvalue weighted by molar-refractivity contribution is -0.138. The van der Waals surface area contributed by atoms with Crippen LogP contribution in [0.3, 0.4) is 0 Å². The van der Waals surface area contributed by atoms with Gasteiger partial charge in [-0.2, -0.15) is 0 Å². The lowest BCUT2D eigenvalue weighted by Crippen LogP contribution is -2.13. The second kappa shape index (κ2) is 19.9. The van der Waals surface area contributed by atoms with Gasteiger partial charge in [-0.3, -0.25) is 0 Å². The van der Waals surface area contributed by atoms with Crippen LogP contribution in [0.15, 0.2) is 157 Å². The number of ether oxygens (including phenoxy) is 6. The van der Waals surface area contributed by atoms with Crippen LogP contribution in [0.25, 0.3) is 0 Å². The van der Waals surface area contributed by atoms with Gasteiger partial charge in [0.1, 0.15) is 34.1 Å². The fraction of sp³-hybridized carbons (Fsp3) is 0.120. The van der Waals surface area contributed by atoms with Crippen LogP contribution < -0.4 is 28.7 Å². The number of rotatable bonds is 12. The van der Waals surface area contributed by atoms with Crippen LogP contribution in [0.4, 0.5) is 34.1 Å². The Hall–Kier alpha value is -8.08. The first-order valence-electron chi connectivity index (χ1n) is 18.6. The minimum absolute atomic E-state index is 0.235. The van der Waals surface area contributed by atoms with E-state index in [1.54, 1.807) is 28.4 Å². The third-order valence-electron chi connectivity index (χ3n) is 9.27. The lowest BCUT2D eigenvalue weighted by Gasteiger charge is -2.25. The molecular formula is C50H42N2O8. The van der Waals surface area contributed by atoms with Crippen LogP contribution in [0, 0.1) is 23.7 Å². The zero-order valence-corrected chi connectivity index (χ0v) is 34.0. The summed E-state index contributed by atoms with van der Waals surface area (Å²) >= 11 is 0. The van der Waals surface area contributed by atoms with Gasteiger partial charge in [-0.1, -0.05) is 23.7 Å². The highest BCUT2D eigenvalue weighted by Crippen LogP contribution is 2.37. The Balaban J connectivity index is 1.32. The van der Waals surface area contributed by atoms with Crippen molar-refractivity contribution in [2.24, 2.45) is 0 Å². The summed E-state index contributed by atoms with van der Waals surface area (Å²) in [5.41, 5.74) is 5.99. The molecule has 6 rings (SSSR count). The number of nitrogens with zero attached hydrogens (tertiary/aromatic N) is 2. The zero-order chi connectivity index (χ0) is 42.4. The Morgan fingerprint density at radius 2 is 0.567 bits per heavy atom. The number of esters is 2. The minimum Gasteiger partial charge on any atom is -0.497 e. The fourth-order valence-corrected chi connectivity index (χ4v) is 6.11. The molecule has 0 radical (unpaired) electrons. The number of methoxy groups -OCH3 is 6. The second-order valence-electron chi connectivity index (χ2n) is 12.8. The molecule has 0 heterocycles. The number of carbonyl (C=O) groups excluding carboxylic acids is 2. The molecule has 10 nitrogen and oxygen atoms in total. The predicted octanol–water partition coefficient (Wildman–Crippen LogP) is 9.71. The van der Waals surface area contributed by atoms with Crippen LogP contribution >= 0.6 is 0 Å². The summed E-state index contributed by atoms with van der Waals surface area (Å²) in [6.45, 7) is 0. The Morgan fingerprint density at radius 1 is 0.350 bits per heavy atom. The molecule has 0 saturated heterocycles. The average molecular weight is 799 g/mol. The molecule has 0 saturated carbocycles.